The Balaban J connectivity index is 1.96. The van der Waals surface area contributed by atoms with Gasteiger partial charge in [0.1, 0.15) is 5.82 Å². The summed E-state index contributed by atoms with van der Waals surface area (Å²) in [6.45, 7) is 4.02. The number of carbonyl (C=O) groups excluding carboxylic acids is 1. The highest BCUT2D eigenvalue weighted by atomic mass is 35.5. The molecule has 0 N–H and O–H groups in total. The van der Waals surface area contributed by atoms with Crippen molar-refractivity contribution >= 4 is 29.3 Å². The predicted octanol–water partition coefficient (Wildman–Crippen LogP) is 2.80. The lowest BCUT2D eigenvalue weighted by atomic mass is 10.2. The molecule has 0 radical (unpaired) electrons. The fraction of sp³-hybridized carbons (Fsp3) is 0.429. The number of halogens is 2. The van der Waals surface area contributed by atoms with Crippen molar-refractivity contribution in [2.24, 2.45) is 0 Å². The Bertz CT molecular complexity index is 673. The first-order valence-electron chi connectivity index (χ1n) is 6.97. The van der Waals surface area contributed by atoms with E-state index in [1.807, 2.05) is 13.8 Å². The Morgan fingerprint density at radius 3 is 2.87 bits per heavy atom. The topological polar surface area (TPSA) is 63.9 Å². The minimum Gasteiger partial charge on any atom is -0.341 e. The highest BCUT2D eigenvalue weighted by Crippen LogP contribution is 2.22. The zero-order valence-electron chi connectivity index (χ0n) is 13.0. The summed E-state index contributed by atoms with van der Waals surface area (Å²) in [6, 6.07) is 4.57. The van der Waals surface area contributed by atoms with E-state index in [4.69, 9.17) is 11.6 Å². The van der Waals surface area contributed by atoms with Gasteiger partial charge in [0.25, 0.3) is 0 Å². The van der Waals surface area contributed by atoms with Crippen LogP contribution in [0.15, 0.2) is 23.4 Å². The summed E-state index contributed by atoms with van der Waals surface area (Å²) in [5, 5.41) is 12.3. The fourth-order valence-electron chi connectivity index (χ4n) is 1.85. The number of hydrogen-bond donors (Lipinski definition) is 0. The normalized spacial score (nSPS) is 11.0. The van der Waals surface area contributed by atoms with Gasteiger partial charge < -0.3 is 4.90 Å². The summed E-state index contributed by atoms with van der Waals surface area (Å²) in [4.78, 5) is 13.6. The summed E-state index contributed by atoms with van der Waals surface area (Å²) in [7, 11) is 1.61. The van der Waals surface area contributed by atoms with Crippen LogP contribution in [0.4, 0.5) is 4.39 Å². The lowest BCUT2D eigenvalue weighted by Crippen LogP contribution is -2.28. The van der Waals surface area contributed by atoms with Gasteiger partial charge in [-0.15, -0.1) is 5.10 Å². The zero-order valence-corrected chi connectivity index (χ0v) is 14.6. The predicted molar refractivity (Wildman–Crippen MR) is 86.8 cm³/mol. The van der Waals surface area contributed by atoms with Crippen LogP contribution in [0.3, 0.4) is 0 Å². The molecule has 1 aromatic heterocycles. The number of nitrogens with zero attached hydrogens (tertiary/aromatic N) is 5. The van der Waals surface area contributed by atoms with E-state index in [9.17, 15) is 9.18 Å². The maximum atomic E-state index is 13.8. The Kier molecular flexibility index (Phi) is 5.95. The van der Waals surface area contributed by atoms with Gasteiger partial charge in [-0.05, 0) is 36.4 Å². The largest absolute Gasteiger partial charge is 0.341 e. The quantitative estimate of drug-likeness (QED) is 0.744. The molecular formula is C14H17ClFN5OS. The van der Waals surface area contributed by atoms with Crippen molar-refractivity contribution in [3.8, 4) is 0 Å². The number of tetrazole rings is 1. The number of carbonyl (C=O) groups is 1. The summed E-state index contributed by atoms with van der Waals surface area (Å²) in [5.74, 6) is -0.420. The maximum absolute atomic E-state index is 13.8. The van der Waals surface area contributed by atoms with Gasteiger partial charge in [-0.25, -0.2) is 9.07 Å². The lowest BCUT2D eigenvalue weighted by Gasteiger charge is -2.18. The molecule has 1 amide bonds. The van der Waals surface area contributed by atoms with Crippen LogP contribution in [-0.4, -0.2) is 43.8 Å². The molecule has 1 aromatic carbocycles. The molecule has 6 nitrogen and oxygen atoms in total. The van der Waals surface area contributed by atoms with Crippen LogP contribution in [0.25, 0.3) is 0 Å². The minimum atomic E-state index is -0.423. The molecule has 0 unspecified atom stereocenters. The average molecular weight is 358 g/mol. The Morgan fingerprint density at radius 1 is 1.48 bits per heavy atom. The molecule has 0 aliphatic heterocycles. The van der Waals surface area contributed by atoms with Crippen molar-refractivity contribution < 1.29 is 9.18 Å². The molecule has 9 heteroatoms. The van der Waals surface area contributed by atoms with Crippen LogP contribution in [0.5, 0.6) is 0 Å². The minimum absolute atomic E-state index is 0.109. The van der Waals surface area contributed by atoms with Crippen molar-refractivity contribution in [1.82, 2.24) is 25.1 Å². The molecule has 0 bridgehead atoms. The standard InChI is InChI=1S/C14H17ClFN5OS/c1-9(2)21-14(17-18-19-21)23-8-13(22)20(3)7-10-11(15)5-4-6-12(10)16/h4-6,9H,7-8H2,1-3H3. The highest BCUT2D eigenvalue weighted by molar-refractivity contribution is 7.99. The molecule has 0 saturated heterocycles. The van der Waals surface area contributed by atoms with Gasteiger partial charge in [0, 0.05) is 24.2 Å². The third-order valence-electron chi connectivity index (χ3n) is 3.16. The van der Waals surface area contributed by atoms with Crippen LogP contribution in [0.1, 0.15) is 25.5 Å². The second kappa shape index (κ2) is 7.74. The highest BCUT2D eigenvalue weighted by Gasteiger charge is 2.17. The summed E-state index contributed by atoms with van der Waals surface area (Å²) in [6.07, 6.45) is 0. The SMILES string of the molecule is CC(C)n1nnnc1SCC(=O)N(C)Cc1c(F)cccc1Cl. The Morgan fingerprint density at radius 2 is 2.22 bits per heavy atom. The van der Waals surface area contributed by atoms with E-state index in [1.165, 1.54) is 28.8 Å². The lowest BCUT2D eigenvalue weighted by molar-refractivity contribution is -0.127. The van der Waals surface area contributed by atoms with E-state index >= 15 is 0 Å². The van der Waals surface area contributed by atoms with Gasteiger partial charge in [-0.3, -0.25) is 4.79 Å². The molecule has 23 heavy (non-hydrogen) atoms. The molecule has 0 saturated carbocycles. The van der Waals surface area contributed by atoms with E-state index in [0.29, 0.717) is 15.7 Å². The number of thioether (sulfide) groups is 1. The van der Waals surface area contributed by atoms with Crippen LogP contribution < -0.4 is 0 Å². The molecule has 0 atom stereocenters. The first-order valence-corrected chi connectivity index (χ1v) is 8.34. The zero-order chi connectivity index (χ0) is 17.0. The molecule has 0 aliphatic carbocycles. The second-order valence-corrected chi connectivity index (χ2v) is 6.59. The molecule has 1 heterocycles. The molecule has 0 fully saturated rings. The first-order chi connectivity index (χ1) is 10.9. The van der Waals surface area contributed by atoms with E-state index < -0.39 is 5.82 Å². The number of hydrogen-bond acceptors (Lipinski definition) is 5. The van der Waals surface area contributed by atoms with Gasteiger partial charge in [0.2, 0.25) is 11.1 Å². The molecule has 0 spiro atoms. The second-order valence-electron chi connectivity index (χ2n) is 5.24. The molecule has 2 rings (SSSR count). The average Bonchev–Trinajstić information content (AvgIpc) is 2.97. The molecule has 0 aliphatic rings. The van der Waals surface area contributed by atoms with Crippen molar-refractivity contribution in [2.45, 2.75) is 31.6 Å². The Labute approximate surface area is 143 Å². The van der Waals surface area contributed by atoms with Crippen molar-refractivity contribution in [1.29, 1.82) is 0 Å². The van der Waals surface area contributed by atoms with Gasteiger partial charge in [0.05, 0.1) is 11.8 Å². The van der Waals surface area contributed by atoms with Gasteiger partial charge in [0.15, 0.2) is 0 Å². The van der Waals surface area contributed by atoms with Crippen LogP contribution >= 0.6 is 23.4 Å². The molecular weight excluding hydrogens is 341 g/mol. The fourth-order valence-corrected chi connectivity index (χ4v) is 3.02. The van der Waals surface area contributed by atoms with Crippen molar-refractivity contribution in [2.75, 3.05) is 12.8 Å². The maximum Gasteiger partial charge on any atom is 0.233 e. The van der Waals surface area contributed by atoms with E-state index in [0.717, 1.165) is 0 Å². The summed E-state index contributed by atoms with van der Waals surface area (Å²) in [5.41, 5.74) is 0.307. The van der Waals surface area contributed by atoms with Crippen LogP contribution in [0, 0.1) is 5.82 Å². The van der Waals surface area contributed by atoms with Crippen molar-refractivity contribution in [3.05, 3.63) is 34.6 Å². The van der Waals surface area contributed by atoms with Crippen molar-refractivity contribution in [3.63, 3.8) is 0 Å². The van der Waals surface area contributed by atoms with E-state index in [2.05, 4.69) is 15.5 Å². The third-order valence-corrected chi connectivity index (χ3v) is 4.43. The summed E-state index contributed by atoms with van der Waals surface area (Å²) >= 11 is 7.23. The van der Waals surface area contributed by atoms with Gasteiger partial charge in [-0.2, -0.15) is 0 Å². The summed E-state index contributed by atoms with van der Waals surface area (Å²) < 4.78 is 15.4. The van der Waals surface area contributed by atoms with Crippen LogP contribution in [-0.2, 0) is 11.3 Å². The number of aromatic nitrogens is 4. The number of rotatable bonds is 6. The molecule has 124 valence electrons. The first kappa shape index (κ1) is 17.7. The van der Waals surface area contributed by atoms with E-state index in [-0.39, 0.29) is 24.2 Å². The number of benzene rings is 1. The third kappa shape index (κ3) is 4.42. The van der Waals surface area contributed by atoms with Gasteiger partial charge in [-0.1, -0.05) is 29.4 Å². The number of amides is 1. The smallest absolute Gasteiger partial charge is 0.233 e. The van der Waals surface area contributed by atoms with E-state index in [1.54, 1.807) is 17.8 Å². The van der Waals surface area contributed by atoms with Crippen LogP contribution in [0.2, 0.25) is 5.02 Å². The monoisotopic (exact) mass is 357 g/mol. The van der Waals surface area contributed by atoms with Gasteiger partial charge >= 0.3 is 0 Å². The molecule has 2 aromatic rings. The Hall–Kier alpha value is -1.67.